The summed E-state index contributed by atoms with van der Waals surface area (Å²) in [5, 5.41) is 1.77. The van der Waals surface area contributed by atoms with Crippen molar-refractivity contribution < 1.29 is 14.3 Å². The van der Waals surface area contributed by atoms with Crippen LogP contribution in [0.25, 0.3) is 10.8 Å². The highest BCUT2D eigenvalue weighted by atomic mass is 16.5. The Hall–Kier alpha value is -3.25. The molecule has 0 aliphatic heterocycles. The number of unbranched alkanes of at least 4 members (excludes halogenated alkanes) is 4. The van der Waals surface area contributed by atoms with Gasteiger partial charge in [0.2, 0.25) is 0 Å². The van der Waals surface area contributed by atoms with Gasteiger partial charge in [-0.1, -0.05) is 81.0 Å². The molecule has 3 rings (SSSR count). The van der Waals surface area contributed by atoms with Crippen LogP contribution in [-0.4, -0.2) is 12.6 Å². The van der Waals surface area contributed by atoms with Crippen molar-refractivity contribution in [1.29, 1.82) is 0 Å². The number of hydrogen-bond acceptors (Lipinski definition) is 3. The molecule has 0 aliphatic rings. The lowest BCUT2D eigenvalue weighted by atomic mass is 10.1. The number of fused-ring (bicyclic) bond motifs is 1. The summed E-state index contributed by atoms with van der Waals surface area (Å²) >= 11 is 0. The average molecular weight is 386 g/mol. The molecular formula is C26H26O3. The van der Waals surface area contributed by atoms with Gasteiger partial charge in [-0.3, -0.25) is 0 Å². The Morgan fingerprint density at radius 3 is 2.24 bits per heavy atom. The Morgan fingerprint density at radius 1 is 0.793 bits per heavy atom. The summed E-state index contributed by atoms with van der Waals surface area (Å²) in [4.78, 5) is 12.2. The number of benzene rings is 3. The number of rotatable bonds is 8. The summed E-state index contributed by atoms with van der Waals surface area (Å²) < 4.78 is 11.5. The highest BCUT2D eigenvalue weighted by Crippen LogP contribution is 2.32. The van der Waals surface area contributed by atoms with Crippen molar-refractivity contribution in [2.45, 2.75) is 39.0 Å². The molecule has 3 aromatic carbocycles. The van der Waals surface area contributed by atoms with Crippen LogP contribution in [0.5, 0.6) is 11.5 Å². The van der Waals surface area contributed by atoms with Crippen LogP contribution in [0.1, 0.15) is 44.6 Å². The normalized spacial score (nSPS) is 10.2. The molecule has 0 unspecified atom stereocenters. The van der Waals surface area contributed by atoms with E-state index in [0.29, 0.717) is 12.4 Å². The third-order valence-electron chi connectivity index (χ3n) is 4.63. The van der Waals surface area contributed by atoms with Gasteiger partial charge in [-0.25, -0.2) is 4.79 Å². The summed E-state index contributed by atoms with van der Waals surface area (Å²) in [6, 6.07) is 20.8. The number of carbonyl (C=O) groups is 1. The summed E-state index contributed by atoms with van der Waals surface area (Å²) in [5.41, 5.74) is 0.775. The van der Waals surface area contributed by atoms with Gasteiger partial charge < -0.3 is 9.47 Å². The number of hydrogen-bond donors (Lipinski definition) is 0. The topological polar surface area (TPSA) is 35.5 Å². The van der Waals surface area contributed by atoms with E-state index in [9.17, 15) is 4.79 Å². The van der Waals surface area contributed by atoms with E-state index in [1.54, 1.807) is 6.07 Å². The van der Waals surface area contributed by atoms with Crippen molar-refractivity contribution in [3.05, 3.63) is 72.3 Å². The molecule has 3 aromatic rings. The fourth-order valence-corrected chi connectivity index (χ4v) is 3.12. The van der Waals surface area contributed by atoms with Crippen LogP contribution in [0.3, 0.4) is 0 Å². The van der Waals surface area contributed by atoms with Crippen LogP contribution in [0, 0.1) is 11.8 Å². The minimum atomic E-state index is -0.580. The first-order valence-electron chi connectivity index (χ1n) is 10.2. The van der Waals surface area contributed by atoms with Gasteiger partial charge in [-0.05, 0) is 30.7 Å². The molecule has 29 heavy (non-hydrogen) atoms. The SMILES string of the molecule is CCCCCCCOc1cccc2c(OC(=O)C#Cc3ccccc3)cccc12. The van der Waals surface area contributed by atoms with Crippen LogP contribution in [0.2, 0.25) is 0 Å². The summed E-state index contributed by atoms with van der Waals surface area (Å²) in [7, 11) is 0. The van der Waals surface area contributed by atoms with Crippen molar-refractivity contribution in [3.63, 3.8) is 0 Å². The van der Waals surface area contributed by atoms with Gasteiger partial charge in [0.25, 0.3) is 0 Å². The van der Waals surface area contributed by atoms with Gasteiger partial charge in [0.05, 0.1) is 6.61 Å². The molecule has 0 spiro atoms. The Bertz CT molecular complexity index is 997. The standard InChI is InChI=1S/C26H26O3/c1-2-3-4-5-9-20-28-24-16-10-15-23-22(24)14-11-17-25(23)29-26(27)19-18-21-12-7-6-8-13-21/h6-8,10-17H,2-5,9,20H2,1H3. The first kappa shape index (κ1) is 20.5. The lowest BCUT2D eigenvalue weighted by Gasteiger charge is -2.11. The Morgan fingerprint density at radius 2 is 1.48 bits per heavy atom. The molecule has 0 heterocycles. The monoisotopic (exact) mass is 386 g/mol. The fourth-order valence-electron chi connectivity index (χ4n) is 3.12. The molecule has 148 valence electrons. The van der Waals surface area contributed by atoms with E-state index in [1.165, 1.54) is 25.7 Å². The van der Waals surface area contributed by atoms with E-state index in [0.717, 1.165) is 28.5 Å². The zero-order valence-electron chi connectivity index (χ0n) is 16.8. The lowest BCUT2D eigenvalue weighted by molar-refractivity contribution is -0.127. The molecule has 0 aromatic heterocycles. The summed E-state index contributed by atoms with van der Waals surface area (Å²) in [6.07, 6.45) is 5.98. The molecule has 0 saturated heterocycles. The molecule has 3 heteroatoms. The summed E-state index contributed by atoms with van der Waals surface area (Å²) in [6.45, 7) is 2.90. The number of ether oxygens (including phenoxy) is 2. The fraction of sp³-hybridized carbons (Fsp3) is 0.269. The lowest BCUT2D eigenvalue weighted by Crippen LogP contribution is -2.05. The van der Waals surface area contributed by atoms with Crippen molar-refractivity contribution in [2.75, 3.05) is 6.61 Å². The molecule has 3 nitrogen and oxygen atoms in total. The zero-order valence-corrected chi connectivity index (χ0v) is 16.8. The van der Waals surface area contributed by atoms with Crippen LogP contribution in [0.4, 0.5) is 0 Å². The number of carbonyl (C=O) groups excluding carboxylic acids is 1. The third-order valence-corrected chi connectivity index (χ3v) is 4.63. The van der Waals surface area contributed by atoms with Gasteiger partial charge in [-0.2, -0.15) is 0 Å². The molecule has 0 amide bonds. The van der Waals surface area contributed by atoms with E-state index in [1.807, 2.05) is 60.7 Å². The minimum absolute atomic E-state index is 0.489. The smallest absolute Gasteiger partial charge is 0.390 e. The zero-order chi connectivity index (χ0) is 20.3. The Kier molecular flexibility index (Phi) is 7.72. The van der Waals surface area contributed by atoms with Crippen molar-refractivity contribution in [2.24, 2.45) is 0 Å². The minimum Gasteiger partial charge on any atom is -0.493 e. The second kappa shape index (κ2) is 10.9. The first-order chi connectivity index (χ1) is 14.3. The molecule has 0 bridgehead atoms. The van der Waals surface area contributed by atoms with E-state index < -0.39 is 5.97 Å². The van der Waals surface area contributed by atoms with Crippen molar-refractivity contribution in [3.8, 4) is 23.3 Å². The third kappa shape index (κ3) is 6.12. The maximum absolute atomic E-state index is 12.2. The predicted molar refractivity (Wildman–Crippen MR) is 117 cm³/mol. The first-order valence-corrected chi connectivity index (χ1v) is 10.2. The van der Waals surface area contributed by atoms with Gasteiger partial charge in [0, 0.05) is 22.3 Å². The van der Waals surface area contributed by atoms with E-state index in [4.69, 9.17) is 9.47 Å². The second-order valence-electron chi connectivity index (χ2n) is 6.88. The summed E-state index contributed by atoms with van der Waals surface area (Å²) in [5.74, 6) is 6.09. The molecule has 0 fully saturated rings. The second-order valence-corrected chi connectivity index (χ2v) is 6.88. The average Bonchev–Trinajstić information content (AvgIpc) is 2.76. The Labute approximate surface area is 172 Å². The van der Waals surface area contributed by atoms with Crippen molar-refractivity contribution in [1.82, 2.24) is 0 Å². The number of esters is 1. The van der Waals surface area contributed by atoms with Crippen LogP contribution in [0.15, 0.2) is 66.7 Å². The molecular weight excluding hydrogens is 360 g/mol. The van der Waals surface area contributed by atoms with Gasteiger partial charge in [0.1, 0.15) is 11.5 Å². The molecule has 0 radical (unpaired) electrons. The maximum Gasteiger partial charge on any atom is 0.390 e. The van der Waals surface area contributed by atoms with Crippen LogP contribution >= 0.6 is 0 Å². The highest BCUT2D eigenvalue weighted by molar-refractivity contribution is 5.97. The molecule has 0 N–H and O–H groups in total. The molecule has 0 saturated carbocycles. The molecule has 0 aliphatic carbocycles. The highest BCUT2D eigenvalue weighted by Gasteiger charge is 2.09. The molecule has 0 atom stereocenters. The van der Waals surface area contributed by atoms with Crippen LogP contribution in [-0.2, 0) is 4.79 Å². The van der Waals surface area contributed by atoms with E-state index in [2.05, 4.69) is 18.8 Å². The van der Waals surface area contributed by atoms with E-state index >= 15 is 0 Å². The van der Waals surface area contributed by atoms with E-state index in [-0.39, 0.29) is 0 Å². The Balaban J connectivity index is 1.68. The van der Waals surface area contributed by atoms with Gasteiger partial charge in [0.15, 0.2) is 0 Å². The largest absolute Gasteiger partial charge is 0.493 e. The van der Waals surface area contributed by atoms with Gasteiger partial charge >= 0.3 is 5.97 Å². The predicted octanol–water partition coefficient (Wildman–Crippen LogP) is 6.15. The van der Waals surface area contributed by atoms with Crippen molar-refractivity contribution >= 4 is 16.7 Å². The quantitative estimate of drug-likeness (QED) is 0.202. The van der Waals surface area contributed by atoms with Gasteiger partial charge in [-0.15, -0.1) is 0 Å². The maximum atomic E-state index is 12.2. The van der Waals surface area contributed by atoms with Crippen LogP contribution < -0.4 is 9.47 Å².